The summed E-state index contributed by atoms with van der Waals surface area (Å²) in [6.07, 6.45) is 0. The first-order chi connectivity index (χ1) is 13.3. The maximum Gasteiger partial charge on any atom is 0.160 e. The maximum atomic E-state index is 5.54. The molecule has 3 aromatic carbocycles. The Bertz CT molecular complexity index is 955. The molecule has 0 unspecified atom stereocenters. The summed E-state index contributed by atoms with van der Waals surface area (Å²) in [6.45, 7) is 2.63. The van der Waals surface area contributed by atoms with Crippen molar-refractivity contribution < 1.29 is 4.74 Å². The van der Waals surface area contributed by atoms with Crippen molar-refractivity contribution in [3.8, 4) is 39.7 Å². The molecule has 4 aromatic rings. The number of aromatic nitrogens is 2. The van der Waals surface area contributed by atoms with Gasteiger partial charge in [0.1, 0.15) is 5.75 Å². The summed E-state index contributed by atoms with van der Waals surface area (Å²) < 4.78 is 5.54. The number of nitrogens with zero attached hydrogens (tertiary/aromatic N) is 2. The number of hydrogen-bond donors (Lipinski definition) is 0. The topological polar surface area (TPSA) is 35.0 Å². The van der Waals surface area contributed by atoms with Gasteiger partial charge in [-0.05, 0) is 37.3 Å². The Labute approximate surface area is 159 Å². The highest BCUT2D eigenvalue weighted by Crippen LogP contribution is 2.28. The fourth-order valence-electron chi connectivity index (χ4n) is 2.96. The van der Waals surface area contributed by atoms with Crippen molar-refractivity contribution in [2.45, 2.75) is 6.92 Å². The predicted molar refractivity (Wildman–Crippen MR) is 110 cm³/mol. The van der Waals surface area contributed by atoms with Crippen molar-refractivity contribution in [3.63, 3.8) is 0 Å². The summed E-state index contributed by atoms with van der Waals surface area (Å²) in [5, 5.41) is 0. The minimum absolute atomic E-state index is 0.650. The van der Waals surface area contributed by atoms with Crippen molar-refractivity contribution in [2.75, 3.05) is 6.61 Å². The van der Waals surface area contributed by atoms with Crippen LogP contribution in [0.5, 0.6) is 5.75 Å². The third kappa shape index (κ3) is 3.87. The van der Waals surface area contributed by atoms with E-state index in [1.54, 1.807) is 0 Å². The van der Waals surface area contributed by atoms with Gasteiger partial charge >= 0.3 is 0 Å². The average molecular weight is 352 g/mol. The zero-order valence-electron chi connectivity index (χ0n) is 15.2. The van der Waals surface area contributed by atoms with Crippen LogP contribution in [0.15, 0.2) is 91.0 Å². The van der Waals surface area contributed by atoms with Crippen LogP contribution in [0.1, 0.15) is 6.92 Å². The molecule has 0 atom stereocenters. The molecule has 0 aliphatic carbocycles. The van der Waals surface area contributed by atoms with E-state index in [2.05, 4.69) is 24.3 Å². The molecular weight excluding hydrogens is 332 g/mol. The second kappa shape index (κ2) is 7.83. The van der Waals surface area contributed by atoms with Crippen LogP contribution < -0.4 is 4.74 Å². The molecule has 0 fully saturated rings. The summed E-state index contributed by atoms with van der Waals surface area (Å²) >= 11 is 0. The minimum atomic E-state index is 0.650. The van der Waals surface area contributed by atoms with Crippen molar-refractivity contribution in [2.24, 2.45) is 0 Å². The van der Waals surface area contributed by atoms with Crippen LogP contribution in [0.25, 0.3) is 33.9 Å². The molecule has 4 rings (SSSR count). The van der Waals surface area contributed by atoms with Gasteiger partial charge in [-0.1, -0.05) is 60.7 Å². The first kappa shape index (κ1) is 17.0. The van der Waals surface area contributed by atoms with Gasteiger partial charge in [0.25, 0.3) is 0 Å². The Hall–Kier alpha value is -3.46. The summed E-state index contributed by atoms with van der Waals surface area (Å²) in [5.74, 6) is 1.56. The van der Waals surface area contributed by atoms with Crippen molar-refractivity contribution in [3.05, 3.63) is 91.0 Å². The zero-order valence-corrected chi connectivity index (χ0v) is 15.2. The third-order valence-electron chi connectivity index (χ3n) is 4.29. The van der Waals surface area contributed by atoms with E-state index in [1.807, 2.05) is 73.7 Å². The Morgan fingerprint density at radius 1 is 0.630 bits per heavy atom. The van der Waals surface area contributed by atoms with Crippen LogP contribution in [-0.2, 0) is 0 Å². The highest BCUT2D eigenvalue weighted by atomic mass is 16.5. The molecule has 0 amide bonds. The molecule has 0 saturated carbocycles. The Morgan fingerprint density at radius 3 is 1.63 bits per heavy atom. The molecule has 0 bridgehead atoms. The van der Waals surface area contributed by atoms with Gasteiger partial charge in [0.2, 0.25) is 0 Å². The molecule has 132 valence electrons. The number of hydrogen-bond acceptors (Lipinski definition) is 3. The van der Waals surface area contributed by atoms with E-state index in [4.69, 9.17) is 14.7 Å². The van der Waals surface area contributed by atoms with E-state index in [1.165, 1.54) is 0 Å². The number of ether oxygens (including phenoxy) is 1. The molecule has 0 radical (unpaired) electrons. The molecule has 3 heteroatoms. The Morgan fingerprint density at radius 2 is 1.15 bits per heavy atom. The second-order valence-corrected chi connectivity index (χ2v) is 6.15. The monoisotopic (exact) mass is 352 g/mol. The lowest BCUT2D eigenvalue weighted by molar-refractivity contribution is 0.340. The quantitative estimate of drug-likeness (QED) is 0.450. The lowest BCUT2D eigenvalue weighted by atomic mass is 10.1. The molecule has 0 N–H and O–H groups in total. The first-order valence-electron chi connectivity index (χ1n) is 9.06. The molecule has 27 heavy (non-hydrogen) atoms. The summed E-state index contributed by atoms with van der Waals surface area (Å²) in [7, 11) is 0. The SMILES string of the molecule is CCOc1ccc(-c2nc(-c3ccccc3)cc(-c3ccccc3)n2)cc1. The molecule has 0 spiro atoms. The van der Waals surface area contributed by atoms with Crippen molar-refractivity contribution in [1.29, 1.82) is 0 Å². The van der Waals surface area contributed by atoms with E-state index >= 15 is 0 Å². The third-order valence-corrected chi connectivity index (χ3v) is 4.29. The van der Waals surface area contributed by atoms with Crippen LogP contribution in [0.4, 0.5) is 0 Å². The van der Waals surface area contributed by atoms with Crippen LogP contribution in [-0.4, -0.2) is 16.6 Å². The average Bonchev–Trinajstić information content (AvgIpc) is 2.75. The molecule has 1 heterocycles. The van der Waals surface area contributed by atoms with E-state index in [0.717, 1.165) is 33.8 Å². The summed E-state index contributed by atoms with van der Waals surface area (Å²) in [5.41, 5.74) is 4.93. The van der Waals surface area contributed by atoms with E-state index in [9.17, 15) is 0 Å². The normalized spacial score (nSPS) is 10.6. The standard InChI is InChI=1S/C24H20N2O/c1-2-27-21-15-13-20(14-16-21)24-25-22(18-9-5-3-6-10-18)17-23(26-24)19-11-7-4-8-12-19/h3-17H,2H2,1H3. The van der Waals surface area contributed by atoms with Gasteiger partial charge in [-0.25, -0.2) is 9.97 Å². The molecular formula is C24H20N2O. The molecule has 1 aromatic heterocycles. The molecule has 0 aliphatic rings. The van der Waals surface area contributed by atoms with Crippen LogP contribution in [0, 0.1) is 0 Å². The molecule has 3 nitrogen and oxygen atoms in total. The lowest BCUT2D eigenvalue weighted by Crippen LogP contribution is -1.96. The van der Waals surface area contributed by atoms with Gasteiger partial charge in [-0.15, -0.1) is 0 Å². The van der Waals surface area contributed by atoms with Gasteiger partial charge in [0, 0.05) is 16.7 Å². The van der Waals surface area contributed by atoms with Gasteiger partial charge in [0.15, 0.2) is 5.82 Å². The largest absolute Gasteiger partial charge is 0.494 e. The van der Waals surface area contributed by atoms with Crippen LogP contribution >= 0.6 is 0 Å². The smallest absolute Gasteiger partial charge is 0.160 e. The first-order valence-corrected chi connectivity index (χ1v) is 9.06. The predicted octanol–water partition coefficient (Wildman–Crippen LogP) is 5.88. The van der Waals surface area contributed by atoms with E-state index in [-0.39, 0.29) is 0 Å². The number of rotatable bonds is 5. The fourth-order valence-corrected chi connectivity index (χ4v) is 2.96. The van der Waals surface area contributed by atoms with Gasteiger partial charge in [-0.2, -0.15) is 0 Å². The maximum absolute atomic E-state index is 5.54. The highest BCUT2D eigenvalue weighted by Gasteiger charge is 2.10. The highest BCUT2D eigenvalue weighted by molar-refractivity contribution is 5.71. The van der Waals surface area contributed by atoms with E-state index < -0.39 is 0 Å². The van der Waals surface area contributed by atoms with Crippen molar-refractivity contribution in [1.82, 2.24) is 9.97 Å². The Kier molecular flexibility index (Phi) is 4.93. The second-order valence-electron chi connectivity index (χ2n) is 6.15. The summed E-state index contributed by atoms with van der Waals surface area (Å²) in [6, 6.07) is 30.4. The van der Waals surface area contributed by atoms with Gasteiger partial charge in [0.05, 0.1) is 18.0 Å². The van der Waals surface area contributed by atoms with Gasteiger partial charge in [-0.3, -0.25) is 0 Å². The summed E-state index contributed by atoms with van der Waals surface area (Å²) in [4.78, 5) is 9.65. The van der Waals surface area contributed by atoms with E-state index in [0.29, 0.717) is 12.4 Å². The minimum Gasteiger partial charge on any atom is -0.494 e. The molecule has 0 saturated heterocycles. The Balaban J connectivity index is 1.83. The van der Waals surface area contributed by atoms with Crippen molar-refractivity contribution >= 4 is 0 Å². The fraction of sp³-hybridized carbons (Fsp3) is 0.0833. The van der Waals surface area contributed by atoms with Gasteiger partial charge < -0.3 is 4.74 Å². The van der Waals surface area contributed by atoms with Crippen LogP contribution in [0.3, 0.4) is 0 Å². The number of benzene rings is 3. The van der Waals surface area contributed by atoms with Crippen LogP contribution in [0.2, 0.25) is 0 Å². The molecule has 0 aliphatic heterocycles. The lowest BCUT2D eigenvalue weighted by Gasteiger charge is -2.10. The zero-order chi connectivity index (χ0) is 18.5.